The molecule has 0 spiro atoms. The van der Waals surface area contributed by atoms with E-state index in [2.05, 4.69) is 5.10 Å². The zero-order valence-electron chi connectivity index (χ0n) is 16.4. The van der Waals surface area contributed by atoms with Gasteiger partial charge in [0.15, 0.2) is 0 Å². The van der Waals surface area contributed by atoms with Crippen LogP contribution in [0, 0.1) is 0 Å². The second-order valence-electron chi connectivity index (χ2n) is 7.01. The summed E-state index contributed by atoms with van der Waals surface area (Å²) in [6, 6.07) is 9.19. The average molecular weight is 374 g/mol. The van der Waals surface area contributed by atoms with Crippen molar-refractivity contribution >= 4 is 17.9 Å². The molecule has 2 aromatic rings. The molecular weight excluding hydrogens is 348 g/mol. The molecule has 1 aromatic carbocycles. The molecule has 0 unspecified atom stereocenters. The van der Waals surface area contributed by atoms with Crippen LogP contribution in [-0.2, 0) is 16.0 Å². The van der Waals surface area contributed by atoms with E-state index in [1.807, 2.05) is 30.3 Å². The smallest absolute Gasteiger partial charge is 0.410 e. The SMILES string of the molecule is CCOC(=O)c1c(CN(C)C(=O)OC(C)(C)C)nn(-c2ccccc2)c1N. The van der Waals surface area contributed by atoms with Crippen LogP contribution in [0.5, 0.6) is 0 Å². The summed E-state index contributed by atoms with van der Waals surface area (Å²) in [5.41, 5.74) is 6.74. The Hall–Kier alpha value is -3.03. The molecule has 0 bridgehead atoms. The van der Waals surface area contributed by atoms with Crippen LogP contribution in [0.15, 0.2) is 30.3 Å². The van der Waals surface area contributed by atoms with Crippen LogP contribution >= 0.6 is 0 Å². The number of esters is 1. The third-order valence-corrected chi connectivity index (χ3v) is 3.57. The van der Waals surface area contributed by atoms with Crippen LogP contribution in [-0.4, -0.2) is 46.0 Å². The quantitative estimate of drug-likeness (QED) is 0.808. The van der Waals surface area contributed by atoms with Crippen molar-refractivity contribution in [3.05, 3.63) is 41.6 Å². The number of carbonyl (C=O) groups is 2. The fraction of sp³-hybridized carbons (Fsp3) is 0.421. The lowest BCUT2D eigenvalue weighted by Crippen LogP contribution is -2.34. The van der Waals surface area contributed by atoms with Gasteiger partial charge < -0.3 is 20.1 Å². The Labute approximate surface area is 158 Å². The highest BCUT2D eigenvalue weighted by Gasteiger charge is 2.27. The minimum Gasteiger partial charge on any atom is -0.462 e. The predicted molar refractivity (Wildman–Crippen MR) is 102 cm³/mol. The summed E-state index contributed by atoms with van der Waals surface area (Å²) in [5, 5.41) is 4.44. The standard InChI is InChI=1S/C19H26N4O4/c1-6-26-17(24)15-14(12-22(5)18(25)27-19(2,3)4)21-23(16(15)20)13-10-8-7-9-11-13/h7-11H,6,12,20H2,1-5H3. The van der Waals surface area contributed by atoms with Crippen molar-refractivity contribution in [1.29, 1.82) is 0 Å². The van der Waals surface area contributed by atoms with E-state index in [0.29, 0.717) is 11.4 Å². The largest absolute Gasteiger partial charge is 0.462 e. The van der Waals surface area contributed by atoms with Crippen molar-refractivity contribution in [3.8, 4) is 5.69 Å². The van der Waals surface area contributed by atoms with Gasteiger partial charge in [-0.1, -0.05) is 18.2 Å². The number of hydrogen-bond acceptors (Lipinski definition) is 6. The van der Waals surface area contributed by atoms with Gasteiger partial charge in [-0.3, -0.25) is 0 Å². The van der Waals surface area contributed by atoms with E-state index >= 15 is 0 Å². The number of carbonyl (C=O) groups excluding carboxylic acids is 2. The van der Waals surface area contributed by atoms with E-state index in [1.165, 1.54) is 9.58 Å². The van der Waals surface area contributed by atoms with E-state index in [4.69, 9.17) is 15.2 Å². The number of benzene rings is 1. The molecule has 0 saturated carbocycles. The first kappa shape index (κ1) is 20.3. The summed E-state index contributed by atoms with van der Waals surface area (Å²) in [7, 11) is 1.57. The van der Waals surface area contributed by atoms with Crippen molar-refractivity contribution in [1.82, 2.24) is 14.7 Å². The van der Waals surface area contributed by atoms with Crippen LogP contribution in [0.4, 0.5) is 10.6 Å². The van der Waals surface area contributed by atoms with Crippen LogP contribution in [0.3, 0.4) is 0 Å². The van der Waals surface area contributed by atoms with Gasteiger partial charge in [0, 0.05) is 7.05 Å². The summed E-state index contributed by atoms with van der Waals surface area (Å²) in [6.45, 7) is 7.31. The number of rotatable bonds is 5. The van der Waals surface area contributed by atoms with Gasteiger partial charge in [0.2, 0.25) is 0 Å². The fourth-order valence-electron chi connectivity index (χ4n) is 2.41. The molecule has 0 fully saturated rings. The molecule has 8 nitrogen and oxygen atoms in total. The van der Waals surface area contributed by atoms with Crippen molar-refractivity contribution < 1.29 is 19.1 Å². The van der Waals surface area contributed by atoms with Gasteiger partial charge in [0.1, 0.15) is 17.0 Å². The predicted octanol–water partition coefficient (Wildman–Crippen LogP) is 3.00. The first-order chi connectivity index (χ1) is 12.6. The lowest BCUT2D eigenvalue weighted by Gasteiger charge is -2.24. The summed E-state index contributed by atoms with van der Waals surface area (Å²) in [6.07, 6.45) is -0.523. The summed E-state index contributed by atoms with van der Waals surface area (Å²) >= 11 is 0. The Morgan fingerprint density at radius 1 is 1.22 bits per heavy atom. The Morgan fingerprint density at radius 3 is 2.41 bits per heavy atom. The highest BCUT2D eigenvalue weighted by molar-refractivity contribution is 5.96. The minimum atomic E-state index is -0.627. The normalized spacial score (nSPS) is 11.1. The monoisotopic (exact) mass is 374 g/mol. The van der Waals surface area contributed by atoms with Gasteiger partial charge in [-0.2, -0.15) is 5.10 Å². The van der Waals surface area contributed by atoms with Gasteiger partial charge in [0.25, 0.3) is 0 Å². The minimum absolute atomic E-state index is 0.0487. The molecule has 1 aromatic heterocycles. The number of para-hydroxylation sites is 1. The van der Waals surface area contributed by atoms with E-state index in [0.717, 1.165) is 0 Å². The summed E-state index contributed by atoms with van der Waals surface area (Å²) in [4.78, 5) is 26.0. The number of hydrogen-bond donors (Lipinski definition) is 1. The van der Waals surface area contributed by atoms with Crippen molar-refractivity contribution in [2.45, 2.75) is 39.8 Å². The van der Waals surface area contributed by atoms with E-state index in [-0.39, 0.29) is 24.5 Å². The fourth-order valence-corrected chi connectivity index (χ4v) is 2.41. The highest BCUT2D eigenvalue weighted by Crippen LogP contribution is 2.23. The summed E-state index contributed by atoms with van der Waals surface area (Å²) < 4.78 is 11.9. The van der Waals surface area contributed by atoms with Gasteiger partial charge in [-0.25, -0.2) is 14.3 Å². The number of ether oxygens (including phenoxy) is 2. The molecule has 0 atom stereocenters. The first-order valence-electron chi connectivity index (χ1n) is 8.68. The molecular formula is C19H26N4O4. The molecule has 0 saturated heterocycles. The zero-order valence-corrected chi connectivity index (χ0v) is 16.4. The molecule has 0 aliphatic carbocycles. The number of nitrogen functional groups attached to an aromatic ring is 1. The average Bonchev–Trinajstić information content (AvgIpc) is 2.90. The maximum Gasteiger partial charge on any atom is 0.410 e. The van der Waals surface area contributed by atoms with Crippen LogP contribution in [0.2, 0.25) is 0 Å². The first-order valence-corrected chi connectivity index (χ1v) is 8.68. The Balaban J connectivity index is 2.39. The lowest BCUT2D eigenvalue weighted by molar-refractivity contribution is 0.0279. The molecule has 0 radical (unpaired) electrons. The third-order valence-electron chi connectivity index (χ3n) is 3.57. The van der Waals surface area contributed by atoms with E-state index in [1.54, 1.807) is 34.7 Å². The van der Waals surface area contributed by atoms with Crippen molar-refractivity contribution in [2.75, 3.05) is 19.4 Å². The second kappa shape index (κ2) is 8.11. The van der Waals surface area contributed by atoms with Gasteiger partial charge in [0.05, 0.1) is 24.5 Å². The molecule has 0 aliphatic rings. The lowest BCUT2D eigenvalue weighted by atomic mass is 10.2. The molecule has 8 heteroatoms. The van der Waals surface area contributed by atoms with Crippen molar-refractivity contribution in [3.63, 3.8) is 0 Å². The topological polar surface area (TPSA) is 99.7 Å². The molecule has 146 valence electrons. The number of amides is 1. The zero-order chi connectivity index (χ0) is 20.2. The molecule has 1 amide bonds. The maximum atomic E-state index is 12.4. The molecule has 2 rings (SSSR count). The van der Waals surface area contributed by atoms with Gasteiger partial charge >= 0.3 is 12.1 Å². The molecule has 27 heavy (non-hydrogen) atoms. The van der Waals surface area contributed by atoms with Gasteiger partial charge in [-0.15, -0.1) is 0 Å². The third kappa shape index (κ3) is 4.99. The molecule has 2 N–H and O–H groups in total. The maximum absolute atomic E-state index is 12.4. The summed E-state index contributed by atoms with van der Waals surface area (Å²) in [5.74, 6) is -0.419. The van der Waals surface area contributed by atoms with Crippen LogP contribution < -0.4 is 5.73 Å². The Kier molecular flexibility index (Phi) is 6.09. The highest BCUT2D eigenvalue weighted by atomic mass is 16.6. The van der Waals surface area contributed by atoms with E-state index < -0.39 is 17.7 Å². The van der Waals surface area contributed by atoms with Gasteiger partial charge in [-0.05, 0) is 39.8 Å². The molecule has 1 heterocycles. The number of anilines is 1. The van der Waals surface area contributed by atoms with Crippen LogP contribution in [0.1, 0.15) is 43.7 Å². The van der Waals surface area contributed by atoms with Crippen molar-refractivity contribution in [2.24, 2.45) is 0 Å². The van der Waals surface area contributed by atoms with E-state index in [9.17, 15) is 9.59 Å². The molecule has 0 aliphatic heterocycles. The number of nitrogens with zero attached hydrogens (tertiary/aromatic N) is 3. The second-order valence-corrected chi connectivity index (χ2v) is 7.01. The Morgan fingerprint density at radius 2 is 1.85 bits per heavy atom. The number of nitrogens with two attached hydrogens (primary N) is 1. The Bertz CT molecular complexity index is 809. The van der Waals surface area contributed by atoms with Crippen LogP contribution in [0.25, 0.3) is 5.69 Å². The number of aromatic nitrogens is 2.